The molecule has 0 aromatic carbocycles. The molecule has 0 spiro atoms. The van der Waals surface area contributed by atoms with E-state index in [0.29, 0.717) is 0 Å². The molecule has 0 bridgehead atoms. The summed E-state index contributed by atoms with van der Waals surface area (Å²) < 4.78 is 25.8. The van der Waals surface area contributed by atoms with Crippen molar-refractivity contribution in [2.75, 3.05) is 0 Å². The Bertz CT molecular complexity index is 766. The number of aromatic nitrogens is 4. The first kappa shape index (κ1) is 18.8. The van der Waals surface area contributed by atoms with Crippen LogP contribution < -0.4 is 9.13 Å². The van der Waals surface area contributed by atoms with Gasteiger partial charge in [0.25, 0.3) is 23.0 Å². The van der Waals surface area contributed by atoms with Crippen molar-refractivity contribution < 1.29 is 37.8 Å². The van der Waals surface area contributed by atoms with Crippen LogP contribution in [0.2, 0.25) is 0 Å². The Balaban J connectivity index is 2.68. The molecule has 130 valence electrons. The minimum absolute atomic E-state index is 0.265. The summed E-state index contributed by atoms with van der Waals surface area (Å²) in [5.74, 6) is -2.37. The molecule has 0 radical (unpaired) electrons. The molecule has 2 aromatic heterocycles. The maximum atomic E-state index is 11.6. The highest BCUT2D eigenvalue weighted by Gasteiger charge is 2.40. The summed E-state index contributed by atoms with van der Waals surface area (Å²) in [6.45, 7) is 2.69. The van der Waals surface area contributed by atoms with Crippen molar-refractivity contribution in [1.29, 1.82) is 0 Å². The second-order valence-electron chi connectivity index (χ2n) is 5.18. The Hall–Kier alpha value is -1.54. The number of hydrogen-bond donors (Lipinski definition) is 4. The average Bonchev–Trinajstić information content (AvgIpc) is 2.51. The van der Waals surface area contributed by atoms with E-state index in [-0.39, 0.29) is 11.4 Å². The van der Waals surface area contributed by atoms with Gasteiger partial charge < -0.3 is 19.6 Å². The molecule has 2 atom stereocenters. The molecule has 0 aliphatic rings. The van der Waals surface area contributed by atoms with Gasteiger partial charge >= 0.3 is 15.2 Å². The molecule has 4 N–H and O–H groups in total. The van der Waals surface area contributed by atoms with E-state index in [4.69, 9.17) is 0 Å². The van der Waals surface area contributed by atoms with Gasteiger partial charge in [-0.2, -0.15) is 9.13 Å². The monoisotopic (exact) mass is 376 g/mol. The fourth-order valence-corrected chi connectivity index (χ4v) is 3.17. The first-order valence-corrected chi connectivity index (χ1v) is 10.2. The number of rotatable bonds is 5. The molecule has 2 unspecified atom stereocenters. The van der Waals surface area contributed by atoms with Crippen LogP contribution in [0, 0.1) is 0 Å². The zero-order valence-electron chi connectivity index (χ0n) is 12.9. The van der Waals surface area contributed by atoms with Gasteiger partial charge in [0, 0.05) is 13.8 Å². The lowest BCUT2D eigenvalue weighted by atomic mass is 10.3. The lowest BCUT2D eigenvalue weighted by Crippen LogP contribution is -2.46. The fraction of sp³-hybridized carbons (Fsp3) is 0.333. The van der Waals surface area contributed by atoms with Gasteiger partial charge in [-0.25, -0.2) is 0 Å². The van der Waals surface area contributed by atoms with Crippen molar-refractivity contribution >= 4 is 15.2 Å². The molecule has 0 fully saturated rings. The predicted octanol–water partition coefficient (Wildman–Crippen LogP) is 0.111. The van der Waals surface area contributed by atoms with Gasteiger partial charge in [0.15, 0.2) is 12.4 Å². The van der Waals surface area contributed by atoms with E-state index in [1.807, 2.05) is 0 Å². The highest BCUT2D eigenvalue weighted by molar-refractivity contribution is 7.51. The summed E-state index contributed by atoms with van der Waals surface area (Å²) in [6.07, 6.45) is 8.21. The van der Waals surface area contributed by atoms with Gasteiger partial charge in [-0.05, 0) is 0 Å². The van der Waals surface area contributed by atoms with Crippen LogP contribution in [-0.2, 0) is 9.13 Å². The summed E-state index contributed by atoms with van der Waals surface area (Å²) in [5, 5.41) is 0. The lowest BCUT2D eigenvalue weighted by molar-refractivity contribution is -0.719. The van der Waals surface area contributed by atoms with Gasteiger partial charge in [0.05, 0.1) is 12.4 Å². The van der Waals surface area contributed by atoms with E-state index < -0.39 is 26.8 Å². The van der Waals surface area contributed by atoms with Crippen LogP contribution in [0.1, 0.15) is 25.4 Å². The van der Waals surface area contributed by atoms with Crippen LogP contribution in [0.15, 0.2) is 37.2 Å². The van der Waals surface area contributed by atoms with E-state index in [0.717, 1.165) is 0 Å². The molecule has 2 heterocycles. The van der Waals surface area contributed by atoms with Crippen molar-refractivity contribution in [2.24, 2.45) is 0 Å². The van der Waals surface area contributed by atoms with Crippen molar-refractivity contribution in [3.05, 3.63) is 37.2 Å². The number of hydrogen-bond acceptors (Lipinski definition) is 4. The third kappa shape index (κ3) is 3.92. The third-order valence-electron chi connectivity index (χ3n) is 3.62. The minimum Gasteiger partial charge on any atom is -0.320 e. The van der Waals surface area contributed by atoms with Crippen LogP contribution in [0.4, 0.5) is 0 Å². The van der Waals surface area contributed by atoms with E-state index in [9.17, 15) is 28.7 Å². The summed E-state index contributed by atoms with van der Waals surface area (Å²) in [4.78, 5) is 45.6. The van der Waals surface area contributed by atoms with Crippen LogP contribution in [0.25, 0.3) is 11.4 Å². The molecule has 12 heteroatoms. The Morgan fingerprint density at radius 1 is 0.833 bits per heavy atom. The summed E-state index contributed by atoms with van der Waals surface area (Å²) in [6, 6.07) is 0. The Morgan fingerprint density at radius 2 is 1.17 bits per heavy atom. The van der Waals surface area contributed by atoms with E-state index in [2.05, 4.69) is 9.97 Å². The topological polar surface area (TPSA) is 149 Å². The van der Waals surface area contributed by atoms with Crippen molar-refractivity contribution in [2.45, 2.75) is 25.4 Å². The van der Waals surface area contributed by atoms with Crippen LogP contribution in [0.3, 0.4) is 0 Å². The normalized spacial score (nSPS) is 15.1. The summed E-state index contributed by atoms with van der Waals surface area (Å²) >= 11 is 0. The van der Waals surface area contributed by atoms with Gasteiger partial charge in [0.1, 0.15) is 12.4 Å². The predicted molar refractivity (Wildman–Crippen MR) is 81.4 cm³/mol. The van der Waals surface area contributed by atoms with Crippen molar-refractivity contribution in [1.82, 2.24) is 9.97 Å². The second kappa shape index (κ2) is 6.76. The van der Waals surface area contributed by atoms with E-state index >= 15 is 0 Å². The molecular weight excluding hydrogens is 358 g/mol. The van der Waals surface area contributed by atoms with Gasteiger partial charge in [-0.3, -0.25) is 19.1 Å². The first-order valence-electron chi connectivity index (χ1n) is 6.84. The first-order chi connectivity index (χ1) is 11.0. The van der Waals surface area contributed by atoms with Crippen molar-refractivity contribution in [3.63, 3.8) is 0 Å². The summed E-state index contributed by atoms with van der Waals surface area (Å²) in [7, 11) is -8.89. The third-order valence-corrected chi connectivity index (χ3v) is 6.06. The number of nitrogens with zero attached hydrogens (tertiary/aromatic N) is 4. The Morgan fingerprint density at radius 3 is 1.46 bits per heavy atom. The maximum Gasteiger partial charge on any atom is 0.392 e. The minimum atomic E-state index is -4.45. The summed E-state index contributed by atoms with van der Waals surface area (Å²) in [5.41, 5.74) is 0.531. The van der Waals surface area contributed by atoms with Crippen LogP contribution in [0.5, 0.6) is 0 Å². The molecule has 24 heavy (non-hydrogen) atoms. The maximum absolute atomic E-state index is 11.6. The smallest absolute Gasteiger partial charge is 0.320 e. The van der Waals surface area contributed by atoms with Gasteiger partial charge in [-0.15, -0.1) is 0 Å². The molecule has 2 rings (SSSR count). The molecule has 0 saturated heterocycles. The molecular formula is C12H18N4O6P2+2. The SMILES string of the molecule is CC([n+]1ccncc1-c1cncc[n+]1C(C)P(=O)(O)O)P(=O)(O)O. The quantitative estimate of drug-likeness (QED) is 0.424. The Labute approximate surface area is 137 Å². The standard InChI is InChI=1S/C12H16N4O6P2/c1-9(23(17,18)19)15-5-3-13-7-11(15)12-8-14-4-6-16(12)10(2)24(20,21)22/h3-10H,1-2H3,(H2-2,17,18,19,20,21,22)/p+2. The molecule has 0 aliphatic carbocycles. The van der Waals surface area contributed by atoms with Crippen LogP contribution in [-0.4, -0.2) is 29.5 Å². The van der Waals surface area contributed by atoms with E-state index in [1.54, 1.807) is 0 Å². The lowest BCUT2D eigenvalue weighted by Gasteiger charge is -2.13. The van der Waals surface area contributed by atoms with Gasteiger partial charge in [-0.1, -0.05) is 0 Å². The Kier molecular flexibility index (Phi) is 5.29. The van der Waals surface area contributed by atoms with Gasteiger partial charge in [0.2, 0.25) is 0 Å². The largest absolute Gasteiger partial charge is 0.392 e. The highest BCUT2D eigenvalue weighted by Crippen LogP contribution is 2.47. The molecule has 2 aromatic rings. The fourth-order valence-electron chi connectivity index (χ4n) is 2.11. The molecule has 10 nitrogen and oxygen atoms in total. The zero-order valence-corrected chi connectivity index (χ0v) is 14.7. The van der Waals surface area contributed by atoms with Crippen molar-refractivity contribution in [3.8, 4) is 11.4 Å². The average molecular weight is 376 g/mol. The second-order valence-corrected chi connectivity index (χ2v) is 9.03. The van der Waals surface area contributed by atoms with E-state index in [1.165, 1.54) is 60.2 Å². The molecule has 0 saturated carbocycles. The van der Waals surface area contributed by atoms with Crippen LogP contribution >= 0.6 is 15.2 Å². The molecule has 0 aliphatic heterocycles. The molecule has 0 amide bonds. The highest BCUT2D eigenvalue weighted by atomic mass is 31.2. The zero-order chi connectivity index (χ0) is 18.1.